The van der Waals surface area contributed by atoms with Crippen LogP contribution < -0.4 is 10.2 Å². The Bertz CT molecular complexity index is 663. The standard InChI is InChI=1S/C15H15ClFN3/c16-11-3-12-14(1-2-19-15(12)13(17)4-11)20-7-9-5-18-6-10(9)8-20/h1-4,9-10,18H,5-8H2/t9-,10+. The molecule has 0 radical (unpaired) electrons. The second kappa shape index (κ2) is 4.57. The zero-order chi connectivity index (χ0) is 13.7. The Morgan fingerprint density at radius 3 is 2.75 bits per heavy atom. The van der Waals surface area contributed by atoms with Crippen LogP contribution in [0.15, 0.2) is 24.4 Å². The van der Waals surface area contributed by atoms with E-state index in [2.05, 4.69) is 15.2 Å². The monoisotopic (exact) mass is 291 g/mol. The number of rotatable bonds is 1. The van der Waals surface area contributed by atoms with Crippen molar-refractivity contribution in [3.63, 3.8) is 0 Å². The fraction of sp³-hybridized carbons (Fsp3) is 0.400. The number of pyridine rings is 1. The molecule has 0 amide bonds. The quantitative estimate of drug-likeness (QED) is 0.875. The summed E-state index contributed by atoms with van der Waals surface area (Å²) < 4.78 is 14.0. The van der Waals surface area contributed by atoms with Crippen LogP contribution >= 0.6 is 11.6 Å². The van der Waals surface area contributed by atoms with Gasteiger partial charge in [0, 0.05) is 48.5 Å². The van der Waals surface area contributed by atoms with E-state index in [0.717, 1.165) is 37.3 Å². The number of aromatic nitrogens is 1. The maximum Gasteiger partial charge on any atom is 0.150 e. The van der Waals surface area contributed by atoms with Gasteiger partial charge in [-0.1, -0.05) is 11.6 Å². The molecule has 3 nitrogen and oxygen atoms in total. The number of hydrogen-bond donors (Lipinski definition) is 1. The summed E-state index contributed by atoms with van der Waals surface area (Å²) in [4.78, 5) is 6.50. The molecular weight excluding hydrogens is 277 g/mol. The molecule has 1 N–H and O–H groups in total. The molecule has 0 bridgehead atoms. The van der Waals surface area contributed by atoms with Crippen molar-refractivity contribution in [1.82, 2.24) is 10.3 Å². The zero-order valence-corrected chi connectivity index (χ0v) is 11.7. The maximum absolute atomic E-state index is 14.0. The zero-order valence-electron chi connectivity index (χ0n) is 10.9. The molecular formula is C15H15ClFN3. The Morgan fingerprint density at radius 1 is 1.25 bits per heavy atom. The van der Waals surface area contributed by atoms with Gasteiger partial charge in [0.15, 0.2) is 5.82 Å². The normalized spacial score (nSPS) is 25.4. The van der Waals surface area contributed by atoms with E-state index >= 15 is 0 Å². The number of anilines is 1. The predicted molar refractivity (Wildman–Crippen MR) is 78.8 cm³/mol. The van der Waals surface area contributed by atoms with Crippen LogP contribution in [-0.4, -0.2) is 31.2 Å². The summed E-state index contributed by atoms with van der Waals surface area (Å²) in [5.41, 5.74) is 1.45. The van der Waals surface area contributed by atoms with E-state index in [9.17, 15) is 4.39 Å². The summed E-state index contributed by atoms with van der Waals surface area (Å²) in [7, 11) is 0. The van der Waals surface area contributed by atoms with Gasteiger partial charge in [-0.3, -0.25) is 4.98 Å². The molecule has 2 atom stereocenters. The minimum atomic E-state index is -0.351. The van der Waals surface area contributed by atoms with Gasteiger partial charge in [-0.05, 0) is 30.0 Å². The molecule has 2 aromatic rings. The molecule has 5 heteroatoms. The third-order valence-electron chi connectivity index (χ3n) is 4.47. The van der Waals surface area contributed by atoms with Crippen molar-refractivity contribution < 1.29 is 4.39 Å². The van der Waals surface area contributed by atoms with Gasteiger partial charge in [-0.2, -0.15) is 0 Å². The van der Waals surface area contributed by atoms with Gasteiger partial charge >= 0.3 is 0 Å². The average Bonchev–Trinajstić information content (AvgIpc) is 2.98. The minimum Gasteiger partial charge on any atom is -0.370 e. The SMILES string of the molecule is Fc1cc(Cl)cc2c(N3C[C@H]4CNC[C@H]4C3)ccnc12. The lowest BCUT2D eigenvalue weighted by Gasteiger charge is -2.21. The van der Waals surface area contributed by atoms with Crippen molar-refractivity contribution in [1.29, 1.82) is 0 Å². The van der Waals surface area contributed by atoms with Crippen LogP contribution in [-0.2, 0) is 0 Å². The van der Waals surface area contributed by atoms with Crippen molar-refractivity contribution in [3.8, 4) is 0 Å². The van der Waals surface area contributed by atoms with Gasteiger partial charge in [0.05, 0.1) is 0 Å². The molecule has 2 saturated heterocycles. The molecule has 20 heavy (non-hydrogen) atoms. The van der Waals surface area contributed by atoms with Gasteiger partial charge < -0.3 is 10.2 Å². The summed E-state index contributed by atoms with van der Waals surface area (Å²) in [6.45, 7) is 4.20. The molecule has 0 saturated carbocycles. The molecule has 2 aliphatic heterocycles. The van der Waals surface area contributed by atoms with Crippen LogP contribution in [0.1, 0.15) is 0 Å². The predicted octanol–water partition coefficient (Wildman–Crippen LogP) is 2.68. The third kappa shape index (κ3) is 1.86. The molecule has 0 aliphatic carbocycles. The van der Waals surface area contributed by atoms with E-state index in [-0.39, 0.29) is 5.82 Å². The van der Waals surface area contributed by atoms with E-state index in [1.54, 1.807) is 6.20 Å². The lowest BCUT2D eigenvalue weighted by Crippen LogP contribution is -2.25. The number of nitrogens with zero attached hydrogens (tertiary/aromatic N) is 2. The molecule has 2 fully saturated rings. The third-order valence-corrected chi connectivity index (χ3v) is 4.69. The van der Waals surface area contributed by atoms with Gasteiger partial charge in [0.1, 0.15) is 5.52 Å². The molecule has 1 aromatic carbocycles. The number of hydrogen-bond acceptors (Lipinski definition) is 3. The smallest absolute Gasteiger partial charge is 0.150 e. The number of benzene rings is 1. The Morgan fingerprint density at radius 2 is 2.00 bits per heavy atom. The van der Waals surface area contributed by atoms with Crippen LogP contribution in [0.4, 0.5) is 10.1 Å². The van der Waals surface area contributed by atoms with Crippen LogP contribution in [0.5, 0.6) is 0 Å². The first-order chi connectivity index (χ1) is 9.72. The lowest BCUT2D eigenvalue weighted by molar-refractivity contribution is 0.533. The first kappa shape index (κ1) is 12.4. The molecule has 2 aliphatic rings. The van der Waals surface area contributed by atoms with Crippen LogP contribution in [0, 0.1) is 17.7 Å². The van der Waals surface area contributed by atoms with E-state index in [4.69, 9.17) is 11.6 Å². The largest absolute Gasteiger partial charge is 0.370 e. The van der Waals surface area contributed by atoms with Crippen LogP contribution in [0.3, 0.4) is 0 Å². The summed E-state index contributed by atoms with van der Waals surface area (Å²) in [6, 6.07) is 5.10. The van der Waals surface area contributed by atoms with Gasteiger partial charge in [0.2, 0.25) is 0 Å². The fourth-order valence-corrected chi connectivity index (χ4v) is 3.70. The molecule has 1 aromatic heterocycles. The topological polar surface area (TPSA) is 28.2 Å². The molecule has 0 spiro atoms. The molecule has 3 heterocycles. The molecule has 0 unspecified atom stereocenters. The number of nitrogens with one attached hydrogen (secondary N) is 1. The Hall–Kier alpha value is -1.39. The van der Waals surface area contributed by atoms with Crippen molar-refractivity contribution in [2.24, 2.45) is 11.8 Å². The molecule has 4 rings (SSSR count). The van der Waals surface area contributed by atoms with Crippen molar-refractivity contribution in [2.45, 2.75) is 0 Å². The van der Waals surface area contributed by atoms with Gasteiger partial charge in [0.25, 0.3) is 0 Å². The van der Waals surface area contributed by atoms with Crippen molar-refractivity contribution in [3.05, 3.63) is 35.2 Å². The first-order valence-corrected chi connectivity index (χ1v) is 7.29. The highest BCUT2D eigenvalue weighted by Gasteiger charge is 2.36. The Balaban J connectivity index is 1.80. The summed E-state index contributed by atoms with van der Waals surface area (Å²) >= 11 is 6.00. The lowest BCUT2D eigenvalue weighted by atomic mass is 10.0. The molecule has 104 valence electrons. The second-order valence-corrected chi connectivity index (χ2v) is 6.13. The summed E-state index contributed by atoms with van der Waals surface area (Å²) in [6.07, 6.45) is 1.68. The highest BCUT2D eigenvalue weighted by molar-refractivity contribution is 6.31. The average molecular weight is 292 g/mol. The summed E-state index contributed by atoms with van der Waals surface area (Å²) in [5, 5.41) is 4.66. The van der Waals surface area contributed by atoms with Crippen molar-refractivity contribution in [2.75, 3.05) is 31.1 Å². The Kier molecular flexibility index (Phi) is 2.82. The van der Waals surface area contributed by atoms with Gasteiger partial charge in [-0.25, -0.2) is 4.39 Å². The highest BCUT2D eigenvalue weighted by Crippen LogP contribution is 2.35. The van der Waals surface area contributed by atoms with Gasteiger partial charge in [-0.15, -0.1) is 0 Å². The van der Waals surface area contributed by atoms with E-state index in [1.165, 1.54) is 6.07 Å². The van der Waals surface area contributed by atoms with E-state index in [1.807, 2.05) is 12.1 Å². The maximum atomic E-state index is 14.0. The fourth-order valence-electron chi connectivity index (χ4n) is 3.49. The minimum absolute atomic E-state index is 0.351. The number of fused-ring (bicyclic) bond motifs is 2. The first-order valence-electron chi connectivity index (χ1n) is 6.92. The second-order valence-electron chi connectivity index (χ2n) is 5.70. The van der Waals surface area contributed by atoms with E-state index in [0.29, 0.717) is 22.4 Å². The van der Waals surface area contributed by atoms with Crippen LogP contribution in [0.2, 0.25) is 5.02 Å². The summed E-state index contributed by atoms with van der Waals surface area (Å²) in [5.74, 6) is 1.04. The highest BCUT2D eigenvalue weighted by atomic mass is 35.5. The van der Waals surface area contributed by atoms with Crippen molar-refractivity contribution >= 4 is 28.2 Å². The van der Waals surface area contributed by atoms with E-state index < -0.39 is 0 Å². The van der Waals surface area contributed by atoms with Crippen LogP contribution in [0.25, 0.3) is 10.9 Å². The number of halogens is 2. The Labute approximate surface area is 121 Å².